The standard InChI is InChI=1S/C16H12Cl2O4/c17-15(19)11-6-7-14(13(10-11)16(18)20)22-9-8-21-12-4-2-1-3-5-12/h1-7,10H,8-9H2. The van der Waals surface area contributed by atoms with Crippen LogP contribution < -0.4 is 9.47 Å². The fourth-order valence-corrected chi connectivity index (χ4v) is 2.02. The van der Waals surface area contributed by atoms with Crippen molar-refractivity contribution in [3.63, 3.8) is 0 Å². The normalized spacial score (nSPS) is 10.1. The van der Waals surface area contributed by atoms with Crippen molar-refractivity contribution >= 4 is 33.7 Å². The molecule has 114 valence electrons. The van der Waals surface area contributed by atoms with Crippen LogP contribution in [0.1, 0.15) is 20.7 Å². The molecule has 0 saturated carbocycles. The van der Waals surface area contributed by atoms with Crippen molar-refractivity contribution in [3.05, 3.63) is 59.7 Å². The number of carbonyl (C=O) groups is 2. The van der Waals surface area contributed by atoms with E-state index in [9.17, 15) is 9.59 Å². The second-order valence-electron chi connectivity index (χ2n) is 4.27. The van der Waals surface area contributed by atoms with Crippen LogP contribution in [-0.2, 0) is 0 Å². The number of carbonyl (C=O) groups excluding carboxylic acids is 2. The molecule has 0 aliphatic rings. The van der Waals surface area contributed by atoms with E-state index in [2.05, 4.69) is 0 Å². The Morgan fingerprint density at radius 2 is 1.55 bits per heavy atom. The molecule has 2 aromatic carbocycles. The average Bonchev–Trinajstić information content (AvgIpc) is 2.52. The zero-order valence-corrected chi connectivity index (χ0v) is 12.9. The summed E-state index contributed by atoms with van der Waals surface area (Å²) in [5.41, 5.74) is 0.270. The van der Waals surface area contributed by atoms with E-state index in [-0.39, 0.29) is 23.5 Å². The third-order valence-corrected chi connectivity index (χ3v) is 3.19. The predicted octanol–water partition coefficient (Wildman–Crippen LogP) is 3.90. The Morgan fingerprint density at radius 1 is 0.864 bits per heavy atom. The molecule has 0 radical (unpaired) electrons. The van der Waals surface area contributed by atoms with Crippen LogP contribution in [0, 0.1) is 0 Å². The van der Waals surface area contributed by atoms with E-state index in [1.54, 1.807) is 0 Å². The van der Waals surface area contributed by atoms with Gasteiger partial charge >= 0.3 is 0 Å². The molecule has 0 N–H and O–H groups in total. The summed E-state index contributed by atoms with van der Waals surface area (Å²) >= 11 is 10.9. The highest BCUT2D eigenvalue weighted by Gasteiger charge is 2.14. The van der Waals surface area contributed by atoms with Gasteiger partial charge in [-0.15, -0.1) is 0 Å². The second kappa shape index (κ2) is 7.82. The predicted molar refractivity (Wildman–Crippen MR) is 84.2 cm³/mol. The van der Waals surface area contributed by atoms with Gasteiger partial charge in [-0.25, -0.2) is 0 Å². The number of hydrogen-bond donors (Lipinski definition) is 0. The van der Waals surface area contributed by atoms with Gasteiger partial charge in [-0.3, -0.25) is 9.59 Å². The molecule has 0 amide bonds. The van der Waals surface area contributed by atoms with Gasteiger partial charge in [-0.05, 0) is 53.5 Å². The second-order valence-corrected chi connectivity index (χ2v) is 4.95. The molecule has 0 aliphatic heterocycles. The highest BCUT2D eigenvalue weighted by Crippen LogP contribution is 2.23. The Labute approximate surface area is 137 Å². The molecule has 0 unspecified atom stereocenters. The van der Waals surface area contributed by atoms with E-state index in [0.29, 0.717) is 6.61 Å². The average molecular weight is 339 g/mol. The van der Waals surface area contributed by atoms with Gasteiger partial charge < -0.3 is 9.47 Å². The van der Waals surface area contributed by atoms with E-state index >= 15 is 0 Å². The number of halogens is 2. The Balaban J connectivity index is 1.97. The zero-order chi connectivity index (χ0) is 15.9. The molecular formula is C16H12Cl2O4. The first kappa shape index (κ1) is 16.3. The van der Waals surface area contributed by atoms with Gasteiger partial charge in [-0.1, -0.05) is 18.2 Å². The Morgan fingerprint density at radius 3 is 2.18 bits per heavy atom. The quantitative estimate of drug-likeness (QED) is 0.567. The monoisotopic (exact) mass is 338 g/mol. The molecule has 0 bridgehead atoms. The van der Waals surface area contributed by atoms with Crippen LogP contribution in [0.25, 0.3) is 0 Å². The van der Waals surface area contributed by atoms with Gasteiger partial charge in [0.15, 0.2) is 0 Å². The summed E-state index contributed by atoms with van der Waals surface area (Å²) in [6, 6.07) is 13.5. The first-order valence-electron chi connectivity index (χ1n) is 6.42. The maximum atomic E-state index is 11.4. The molecule has 0 atom stereocenters. The van der Waals surface area contributed by atoms with E-state index < -0.39 is 10.5 Å². The van der Waals surface area contributed by atoms with Crippen LogP contribution in [0.3, 0.4) is 0 Å². The van der Waals surface area contributed by atoms with Crippen LogP contribution in [0.2, 0.25) is 0 Å². The van der Waals surface area contributed by atoms with Crippen molar-refractivity contribution < 1.29 is 19.1 Å². The summed E-state index contributed by atoms with van der Waals surface area (Å²) in [4.78, 5) is 22.5. The minimum Gasteiger partial charge on any atom is -0.490 e. The molecule has 4 nitrogen and oxygen atoms in total. The number of benzene rings is 2. The van der Waals surface area contributed by atoms with E-state index in [1.165, 1.54) is 18.2 Å². The number of rotatable bonds is 7. The van der Waals surface area contributed by atoms with Crippen molar-refractivity contribution in [3.8, 4) is 11.5 Å². The fraction of sp³-hybridized carbons (Fsp3) is 0.125. The molecule has 2 rings (SSSR count). The molecule has 2 aromatic rings. The molecule has 22 heavy (non-hydrogen) atoms. The lowest BCUT2D eigenvalue weighted by molar-refractivity contribution is 0.107. The molecule has 0 aliphatic carbocycles. The van der Waals surface area contributed by atoms with Crippen LogP contribution in [0.15, 0.2) is 48.5 Å². The minimum atomic E-state index is -0.723. The highest BCUT2D eigenvalue weighted by atomic mass is 35.5. The smallest absolute Gasteiger partial charge is 0.256 e. The molecular weight excluding hydrogens is 327 g/mol. The number of hydrogen-bond acceptors (Lipinski definition) is 4. The largest absolute Gasteiger partial charge is 0.490 e. The van der Waals surface area contributed by atoms with Crippen LogP contribution >= 0.6 is 23.2 Å². The molecule has 0 aromatic heterocycles. The third-order valence-electron chi connectivity index (χ3n) is 2.77. The molecule has 0 spiro atoms. The van der Waals surface area contributed by atoms with E-state index in [4.69, 9.17) is 32.7 Å². The Bertz CT molecular complexity index is 671. The lowest BCUT2D eigenvalue weighted by atomic mass is 10.1. The first-order valence-corrected chi connectivity index (χ1v) is 7.18. The summed E-state index contributed by atoms with van der Waals surface area (Å²) in [6.45, 7) is 0.524. The Hall–Kier alpha value is -2.04. The molecule has 0 saturated heterocycles. The Kier molecular flexibility index (Phi) is 5.81. The summed E-state index contributed by atoms with van der Waals surface area (Å²) in [5, 5.41) is -1.39. The zero-order valence-electron chi connectivity index (χ0n) is 11.4. The SMILES string of the molecule is O=C(Cl)c1ccc(OCCOc2ccccc2)c(C(=O)Cl)c1. The van der Waals surface area contributed by atoms with Gasteiger partial charge in [0.05, 0.1) is 5.56 Å². The van der Waals surface area contributed by atoms with Gasteiger partial charge in [0.25, 0.3) is 10.5 Å². The van der Waals surface area contributed by atoms with Crippen LogP contribution in [0.4, 0.5) is 0 Å². The molecule has 0 heterocycles. The van der Waals surface area contributed by atoms with Gasteiger partial charge in [0.1, 0.15) is 24.7 Å². The summed E-state index contributed by atoms with van der Waals surface area (Å²) in [5.74, 6) is 1.00. The lowest BCUT2D eigenvalue weighted by Crippen LogP contribution is -2.11. The highest BCUT2D eigenvalue weighted by molar-refractivity contribution is 6.69. The van der Waals surface area contributed by atoms with Crippen molar-refractivity contribution in [1.29, 1.82) is 0 Å². The van der Waals surface area contributed by atoms with Crippen molar-refractivity contribution in [1.82, 2.24) is 0 Å². The first-order chi connectivity index (χ1) is 10.6. The van der Waals surface area contributed by atoms with Crippen molar-refractivity contribution in [2.75, 3.05) is 13.2 Å². The van der Waals surface area contributed by atoms with E-state index in [1.807, 2.05) is 30.3 Å². The minimum absolute atomic E-state index is 0.0906. The molecule has 6 heteroatoms. The maximum Gasteiger partial charge on any atom is 0.256 e. The van der Waals surface area contributed by atoms with Gasteiger partial charge in [0.2, 0.25) is 0 Å². The van der Waals surface area contributed by atoms with E-state index in [0.717, 1.165) is 5.75 Å². The summed E-state index contributed by atoms with van der Waals surface area (Å²) < 4.78 is 10.9. The van der Waals surface area contributed by atoms with Crippen molar-refractivity contribution in [2.24, 2.45) is 0 Å². The molecule has 0 fully saturated rings. The van der Waals surface area contributed by atoms with Gasteiger partial charge in [0, 0.05) is 5.56 Å². The van der Waals surface area contributed by atoms with Crippen LogP contribution in [0.5, 0.6) is 11.5 Å². The summed E-state index contributed by atoms with van der Waals surface area (Å²) in [7, 11) is 0. The summed E-state index contributed by atoms with van der Waals surface area (Å²) in [6.07, 6.45) is 0. The topological polar surface area (TPSA) is 52.6 Å². The maximum absolute atomic E-state index is 11.4. The third kappa shape index (κ3) is 4.48. The number of ether oxygens (including phenoxy) is 2. The van der Waals surface area contributed by atoms with Gasteiger partial charge in [-0.2, -0.15) is 0 Å². The van der Waals surface area contributed by atoms with Crippen LogP contribution in [-0.4, -0.2) is 23.7 Å². The fourth-order valence-electron chi connectivity index (χ4n) is 1.76. The van der Waals surface area contributed by atoms with Crippen molar-refractivity contribution in [2.45, 2.75) is 0 Å². The lowest BCUT2D eigenvalue weighted by Gasteiger charge is -2.11. The number of para-hydroxylation sites is 1.